The third kappa shape index (κ3) is 2.82. The van der Waals surface area contributed by atoms with E-state index < -0.39 is 0 Å². The first kappa shape index (κ1) is 11.6. The number of nitrogens with zero attached hydrogens (tertiary/aromatic N) is 2. The van der Waals surface area contributed by atoms with E-state index in [2.05, 4.69) is 4.98 Å². The molecule has 0 atom stereocenters. The number of anilines is 1. The molecule has 0 aliphatic heterocycles. The number of carbonyl (C=O) groups is 1. The molecule has 5 heteroatoms. The van der Waals surface area contributed by atoms with Gasteiger partial charge in [-0.15, -0.1) is 0 Å². The maximum atomic E-state index is 12.0. The largest absolute Gasteiger partial charge is 0.384 e. The van der Waals surface area contributed by atoms with Gasteiger partial charge in [-0.3, -0.25) is 4.79 Å². The Kier molecular flexibility index (Phi) is 3.39. The Hall–Kier alpha value is -1.88. The number of nitrogen functional groups attached to an aromatic ring is 1. The van der Waals surface area contributed by atoms with E-state index in [1.54, 1.807) is 35.4 Å². The van der Waals surface area contributed by atoms with Crippen molar-refractivity contribution in [1.82, 2.24) is 9.88 Å². The van der Waals surface area contributed by atoms with Crippen LogP contribution in [0.4, 0.5) is 5.82 Å². The molecule has 2 rings (SSSR count). The van der Waals surface area contributed by atoms with Crippen LogP contribution in [0.1, 0.15) is 15.9 Å². The molecule has 2 N–H and O–H groups in total. The Morgan fingerprint density at radius 3 is 2.88 bits per heavy atom. The number of pyridine rings is 1. The Morgan fingerprint density at radius 1 is 1.47 bits per heavy atom. The van der Waals surface area contributed by atoms with Crippen LogP contribution < -0.4 is 5.73 Å². The molecule has 0 aliphatic rings. The number of rotatable bonds is 3. The fraction of sp³-hybridized carbons (Fsp3) is 0.167. The lowest BCUT2D eigenvalue weighted by Crippen LogP contribution is -2.26. The quantitative estimate of drug-likeness (QED) is 0.902. The maximum Gasteiger partial charge on any atom is 0.255 e. The van der Waals surface area contributed by atoms with Gasteiger partial charge in [0.15, 0.2) is 0 Å². The summed E-state index contributed by atoms with van der Waals surface area (Å²) in [5, 5.41) is 4.03. The van der Waals surface area contributed by atoms with Gasteiger partial charge < -0.3 is 10.6 Å². The van der Waals surface area contributed by atoms with Gasteiger partial charge in [-0.1, -0.05) is 0 Å². The number of nitrogens with two attached hydrogens (primary N) is 1. The lowest BCUT2D eigenvalue weighted by molar-refractivity contribution is 0.0785. The van der Waals surface area contributed by atoms with Gasteiger partial charge in [-0.05, 0) is 34.5 Å². The van der Waals surface area contributed by atoms with Gasteiger partial charge in [0, 0.05) is 19.8 Å². The van der Waals surface area contributed by atoms with Crippen molar-refractivity contribution in [3.63, 3.8) is 0 Å². The third-order valence-corrected chi connectivity index (χ3v) is 3.11. The van der Waals surface area contributed by atoms with Gasteiger partial charge in [-0.2, -0.15) is 11.3 Å². The van der Waals surface area contributed by atoms with Gasteiger partial charge in [0.1, 0.15) is 5.82 Å². The van der Waals surface area contributed by atoms with E-state index in [4.69, 9.17) is 5.73 Å². The monoisotopic (exact) mass is 247 g/mol. The molecular formula is C12H13N3OS. The summed E-state index contributed by atoms with van der Waals surface area (Å²) in [6, 6.07) is 5.33. The fourth-order valence-electron chi connectivity index (χ4n) is 1.48. The number of aromatic nitrogens is 1. The summed E-state index contributed by atoms with van der Waals surface area (Å²) < 4.78 is 0. The molecular weight excluding hydrogens is 234 g/mol. The van der Waals surface area contributed by atoms with Crippen molar-refractivity contribution in [2.24, 2.45) is 0 Å². The second-order valence-electron chi connectivity index (χ2n) is 3.76. The van der Waals surface area contributed by atoms with Crippen molar-refractivity contribution in [2.45, 2.75) is 6.54 Å². The zero-order chi connectivity index (χ0) is 12.3. The topological polar surface area (TPSA) is 59.2 Å². The smallest absolute Gasteiger partial charge is 0.255 e. The van der Waals surface area contributed by atoms with E-state index in [1.165, 1.54) is 6.20 Å². The predicted octanol–water partition coefficient (Wildman–Crippen LogP) is 2.00. The first-order chi connectivity index (χ1) is 8.16. The molecule has 0 bridgehead atoms. The van der Waals surface area contributed by atoms with Gasteiger partial charge >= 0.3 is 0 Å². The fourth-order valence-corrected chi connectivity index (χ4v) is 2.14. The average Bonchev–Trinajstić information content (AvgIpc) is 2.82. The molecule has 0 aliphatic carbocycles. The van der Waals surface area contributed by atoms with Gasteiger partial charge in [0.2, 0.25) is 0 Å². The normalized spacial score (nSPS) is 10.2. The number of hydrogen-bond donors (Lipinski definition) is 1. The molecule has 0 radical (unpaired) electrons. The lowest BCUT2D eigenvalue weighted by atomic mass is 10.2. The van der Waals surface area contributed by atoms with E-state index in [0.29, 0.717) is 17.9 Å². The predicted molar refractivity (Wildman–Crippen MR) is 68.8 cm³/mol. The lowest BCUT2D eigenvalue weighted by Gasteiger charge is -2.16. The molecule has 0 saturated heterocycles. The summed E-state index contributed by atoms with van der Waals surface area (Å²) in [6.07, 6.45) is 1.50. The van der Waals surface area contributed by atoms with Crippen LogP contribution in [0.25, 0.3) is 0 Å². The van der Waals surface area contributed by atoms with Crippen LogP contribution in [0, 0.1) is 0 Å². The van der Waals surface area contributed by atoms with Crippen molar-refractivity contribution in [3.05, 3.63) is 46.3 Å². The zero-order valence-electron chi connectivity index (χ0n) is 9.46. The van der Waals surface area contributed by atoms with Crippen LogP contribution in [-0.2, 0) is 6.54 Å². The Labute approximate surface area is 104 Å². The number of amides is 1. The number of hydrogen-bond acceptors (Lipinski definition) is 4. The van der Waals surface area contributed by atoms with Crippen LogP contribution in [-0.4, -0.2) is 22.8 Å². The van der Waals surface area contributed by atoms with Gasteiger partial charge in [0.25, 0.3) is 5.91 Å². The highest BCUT2D eigenvalue weighted by atomic mass is 32.1. The van der Waals surface area contributed by atoms with Crippen LogP contribution in [0.15, 0.2) is 35.2 Å². The summed E-state index contributed by atoms with van der Waals surface area (Å²) in [4.78, 5) is 17.6. The van der Waals surface area contributed by atoms with E-state index in [9.17, 15) is 4.79 Å². The SMILES string of the molecule is CN(Cc1ccsc1)C(=O)c1ccc(N)nc1. The Bertz CT molecular complexity index is 493. The van der Waals surface area contributed by atoms with Crippen molar-refractivity contribution in [3.8, 4) is 0 Å². The second kappa shape index (κ2) is 4.97. The van der Waals surface area contributed by atoms with Crippen molar-refractivity contribution < 1.29 is 4.79 Å². The molecule has 0 unspecified atom stereocenters. The number of carbonyl (C=O) groups excluding carboxylic acids is 1. The first-order valence-electron chi connectivity index (χ1n) is 5.15. The van der Waals surface area contributed by atoms with Crippen LogP contribution >= 0.6 is 11.3 Å². The standard InChI is InChI=1S/C12H13N3OS/c1-15(7-9-4-5-17-8-9)12(16)10-2-3-11(13)14-6-10/h2-6,8H,7H2,1H3,(H2,13,14). The van der Waals surface area contributed by atoms with Gasteiger partial charge in [-0.25, -0.2) is 4.98 Å². The minimum absolute atomic E-state index is 0.0521. The molecule has 88 valence electrons. The average molecular weight is 247 g/mol. The third-order valence-electron chi connectivity index (χ3n) is 2.38. The minimum atomic E-state index is -0.0521. The highest BCUT2D eigenvalue weighted by molar-refractivity contribution is 7.07. The molecule has 0 fully saturated rings. The molecule has 4 nitrogen and oxygen atoms in total. The highest BCUT2D eigenvalue weighted by Crippen LogP contribution is 2.11. The molecule has 2 aromatic heterocycles. The second-order valence-corrected chi connectivity index (χ2v) is 4.54. The van der Waals surface area contributed by atoms with Crippen LogP contribution in [0.5, 0.6) is 0 Å². The molecule has 1 amide bonds. The van der Waals surface area contributed by atoms with Crippen molar-refractivity contribution in [1.29, 1.82) is 0 Å². The Morgan fingerprint density at radius 2 is 2.29 bits per heavy atom. The van der Waals surface area contributed by atoms with Crippen LogP contribution in [0.2, 0.25) is 0 Å². The summed E-state index contributed by atoms with van der Waals surface area (Å²) in [6.45, 7) is 0.604. The van der Waals surface area contributed by atoms with E-state index in [0.717, 1.165) is 5.56 Å². The van der Waals surface area contributed by atoms with Crippen molar-refractivity contribution >= 4 is 23.1 Å². The maximum absolute atomic E-state index is 12.0. The van der Waals surface area contributed by atoms with E-state index in [1.807, 2.05) is 16.8 Å². The molecule has 0 aromatic carbocycles. The summed E-state index contributed by atoms with van der Waals surface area (Å²) in [7, 11) is 1.77. The first-order valence-corrected chi connectivity index (χ1v) is 6.09. The van der Waals surface area contributed by atoms with Crippen LogP contribution in [0.3, 0.4) is 0 Å². The zero-order valence-corrected chi connectivity index (χ0v) is 10.3. The summed E-state index contributed by atoms with van der Waals surface area (Å²) in [5.41, 5.74) is 7.16. The summed E-state index contributed by atoms with van der Waals surface area (Å²) in [5.74, 6) is 0.366. The molecule has 0 saturated carbocycles. The van der Waals surface area contributed by atoms with E-state index in [-0.39, 0.29) is 5.91 Å². The van der Waals surface area contributed by atoms with E-state index >= 15 is 0 Å². The number of thiophene rings is 1. The Balaban J connectivity index is 2.07. The molecule has 0 spiro atoms. The minimum Gasteiger partial charge on any atom is -0.384 e. The van der Waals surface area contributed by atoms with Crippen molar-refractivity contribution in [2.75, 3.05) is 12.8 Å². The molecule has 2 heterocycles. The van der Waals surface area contributed by atoms with Gasteiger partial charge in [0.05, 0.1) is 5.56 Å². The molecule has 2 aromatic rings. The molecule has 17 heavy (non-hydrogen) atoms. The highest BCUT2D eigenvalue weighted by Gasteiger charge is 2.12. The summed E-state index contributed by atoms with van der Waals surface area (Å²) >= 11 is 1.62.